The van der Waals surface area contributed by atoms with Crippen LogP contribution < -0.4 is 0 Å². The molecule has 0 aromatic heterocycles. The standard InChI is InChI=1S/C22H46/c1-5-9-13-15-19-22(17-12-8-4)20-21(16-11-7-3)18-14-10-6-2/h21-22H,5-20H2,1-4H3. The van der Waals surface area contributed by atoms with E-state index in [2.05, 4.69) is 27.7 Å². The highest BCUT2D eigenvalue weighted by Gasteiger charge is 2.16. The van der Waals surface area contributed by atoms with Gasteiger partial charge in [-0.3, -0.25) is 0 Å². The summed E-state index contributed by atoms with van der Waals surface area (Å²) in [7, 11) is 0. The summed E-state index contributed by atoms with van der Waals surface area (Å²) in [6.45, 7) is 9.36. The molecule has 0 radical (unpaired) electrons. The van der Waals surface area contributed by atoms with Gasteiger partial charge >= 0.3 is 0 Å². The number of unbranched alkanes of at least 4 members (excludes halogenated alkanes) is 7. The van der Waals surface area contributed by atoms with Crippen LogP contribution in [0.5, 0.6) is 0 Å². The highest BCUT2D eigenvalue weighted by atomic mass is 14.2. The third-order valence-electron chi connectivity index (χ3n) is 5.28. The number of hydrogen-bond acceptors (Lipinski definition) is 0. The van der Waals surface area contributed by atoms with E-state index in [1.165, 1.54) is 103 Å². The van der Waals surface area contributed by atoms with Gasteiger partial charge in [0.25, 0.3) is 0 Å². The molecule has 0 heterocycles. The first-order valence-corrected chi connectivity index (χ1v) is 10.8. The fourth-order valence-electron chi connectivity index (χ4n) is 3.76. The summed E-state index contributed by atoms with van der Waals surface area (Å²) in [6, 6.07) is 0. The van der Waals surface area contributed by atoms with Crippen molar-refractivity contribution in [1.29, 1.82) is 0 Å². The first-order valence-electron chi connectivity index (χ1n) is 10.8. The normalized spacial score (nSPS) is 14.2. The van der Waals surface area contributed by atoms with Gasteiger partial charge in [0, 0.05) is 0 Å². The summed E-state index contributed by atoms with van der Waals surface area (Å²) >= 11 is 0. The molecule has 0 saturated carbocycles. The molecule has 0 nitrogen and oxygen atoms in total. The molecule has 0 aliphatic carbocycles. The molecule has 0 aromatic rings. The summed E-state index contributed by atoms with van der Waals surface area (Å²) in [6.07, 6.45) is 23.3. The quantitative estimate of drug-likeness (QED) is 0.236. The van der Waals surface area contributed by atoms with Crippen molar-refractivity contribution in [3.8, 4) is 0 Å². The van der Waals surface area contributed by atoms with Crippen molar-refractivity contribution in [2.24, 2.45) is 11.8 Å². The van der Waals surface area contributed by atoms with Crippen LogP contribution in [0.3, 0.4) is 0 Å². The second-order valence-corrected chi connectivity index (χ2v) is 7.60. The highest BCUT2D eigenvalue weighted by molar-refractivity contribution is 4.68. The SMILES string of the molecule is CCCCCCC(CCCC)CC(CCCC)CCCCC. The maximum Gasteiger partial charge on any atom is -0.0412 e. The summed E-state index contributed by atoms with van der Waals surface area (Å²) < 4.78 is 0. The van der Waals surface area contributed by atoms with Crippen LogP contribution in [0.15, 0.2) is 0 Å². The van der Waals surface area contributed by atoms with E-state index in [4.69, 9.17) is 0 Å². The van der Waals surface area contributed by atoms with Gasteiger partial charge in [0.2, 0.25) is 0 Å². The average Bonchev–Trinajstić information content (AvgIpc) is 2.53. The molecule has 0 rings (SSSR count). The van der Waals surface area contributed by atoms with Gasteiger partial charge in [0.15, 0.2) is 0 Å². The molecule has 0 aromatic carbocycles. The van der Waals surface area contributed by atoms with Gasteiger partial charge in [-0.15, -0.1) is 0 Å². The monoisotopic (exact) mass is 310 g/mol. The molecular weight excluding hydrogens is 264 g/mol. The summed E-state index contributed by atoms with van der Waals surface area (Å²) in [5.41, 5.74) is 0. The number of rotatable bonds is 17. The lowest BCUT2D eigenvalue weighted by atomic mass is 9.82. The van der Waals surface area contributed by atoms with Gasteiger partial charge in [0.1, 0.15) is 0 Å². The predicted molar refractivity (Wildman–Crippen MR) is 104 cm³/mol. The Labute approximate surface area is 142 Å². The van der Waals surface area contributed by atoms with Crippen LogP contribution in [0.2, 0.25) is 0 Å². The van der Waals surface area contributed by atoms with E-state index < -0.39 is 0 Å². The molecule has 0 fully saturated rings. The second-order valence-electron chi connectivity index (χ2n) is 7.60. The van der Waals surface area contributed by atoms with Crippen LogP contribution in [0.1, 0.15) is 130 Å². The Morgan fingerprint density at radius 1 is 0.409 bits per heavy atom. The summed E-state index contributed by atoms with van der Waals surface area (Å²) in [5.74, 6) is 2.06. The zero-order valence-electron chi connectivity index (χ0n) is 16.5. The van der Waals surface area contributed by atoms with Crippen molar-refractivity contribution < 1.29 is 0 Å². The van der Waals surface area contributed by atoms with Crippen molar-refractivity contribution >= 4 is 0 Å². The predicted octanol–water partition coefficient (Wildman–Crippen LogP) is 8.54. The Morgan fingerprint density at radius 3 is 1.23 bits per heavy atom. The first-order chi connectivity index (χ1) is 10.8. The smallest absolute Gasteiger partial charge is 0.0412 e. The van der Waals surface area contributed by atoms with E-state index >= 15 is 0 Å². The molecule has 0 aliphatic rings. The summed E-state index contributed by atoms with van der Waals surface area (Å²) in [5, 5.41) is 0. The Morgan fingerprint density at radius 2 is 0.773 bits per heavy atom. The topological polar surface area (TPSA) is 0 Å². The average molecular weight is 311 g/mol. The van der Waals surface area contributed by atoms with E-state index in [1.807, 2.05) is 0 Å². The van der Waals surface area contributed by atoms with Crippen LogP contribution in [0.25, 0.3) is 0 Å². The lowest BCUT2D eigenvalue weighted by Crippen LogP contribution is -2.10. The molecule has 0 aliphatic heterocycles. The lowest BCUT2D eigenvalue weighted by molar-refractivity contribution is 0.286. The van der Waals surface area contributed by atoms with Gasteiger partial charge < -0.3 is 0 Å². The molecular formula is C22H46. The van der Waals surface area contributed by atoms with Gasteiger partial charge in [-0.2, -0.15) is 0 Å². The van der Waals surface area contributed by atoms with E-state index in [1.54, 1.807) is 0 Å². The Kier molecular flexibility index (Phi) is 17.4. The van der Waals surface area contributed by atoms with E-state index in [-0.39, 0.29) is 0 Å². The maximum absolute atomic E-state index is 2.35. The van der Waals surface area contributed by atoms with Crippen molar-refractivity contribution in [3.05, 3.63) is 0 Å². The molecule has 2 atom stereocenters. The van der Waals surface area contributed by atoms with Crippen LogP contribution in [0, 0.1) is 11.8 Å². The van der Waals surface area contributed by atoms with E-state index in [0.29, 0.717) is 0 Å². The minimum absolute atomic E-state index is 1.03. The minimum atomic E-state index is 1.03. The molecule has 0 N–H and O–H groups in total. The van der Waals surface area contributed by atoms with Crippen molar-refractivity contribution in [3.63, 3.8) is 0 Å². The molecule has 0 heteroatoms. The lowest BCUT2D eigenvalue weighted by Gasteiger charge is -2.24. The molecule has 2 unspecified atom stereocenters. The zero-order chi connectivity index (χ0) is 16.5. The van der Waals surface area contributed by atoms with E-state index in [0.717, 1.165) is 11.8 Å². The van der Waals surface area contributed by atoms with Crippen LogP contribution in [0.4, 0.5) is 0 Å². The van der Waals surface area contributed by atoms with Gasteiger partial charge in [-0.25, -0.2) is 0 Å². The largest absolute Gasteiger partial charge is 0.0654 e. The van der Waals surface area contributed by atoms with Gasteiger partial charge in [-0.05, 0) is 18.3 Å². The molecule has 0 saturated heterocycles. The fraction of sp³-hybridized carbons (Fsp3) is 1.00. The summed E-state index contributed by atoms with van der Waals surface area (Å²) in [4.78, 5) is 0. The molecule has 22 heavy (non-hydrogen) atoms. The molecule has 0 bridgehead atoms. The first kappa shape index (κ1) is 22.0. The molecule has 134 valence electrons. The fourth-order valence-corrected chi connectivity index (χ4v) is 3.76. The third-order valence-corrected chi connectivity index (χ3v) is 5.28. The van der Waals surface area contributed by atoms with Gasteiger partial charge in [-0.1, -0.05) is 124 Å². The Bertz CT molecular complexity index is 196. The Balaban J connectivity index is 4.22. The van der Waals surface area contributed by atoms with Crippen molar-refractivity contribution in [2.75, 3.05) is 0 Å². The second kappa shape index (κ2) is 17.4. The van der Waals surface area contributed by atoms with Crippen molar-refractivity contribution in [1.82, 2.24) is 0 Å². The van der Waals surface area contributed by atoms with Crippen LogP contribution in [-0.4, -0.2) is 0 Å². The van der Waals surface area contributed by atoms with E-state index in [9.17, 15) is 0 Å². The van der Waals surface area contributed by atoms with Crippen LogP contribution >= 0.6 is 0 Å². The molecule has 0 amide bonds. The Hall–Kier alpha value is 0. The maximum atomic E-state index is 2.35. The minimum Gasteiger partial charge on any atom is -0.0654 e. The zero-order valence-corrected chi connectivity index (χ0v) is 16.5. The van der Waals surface area contributed by atoms with Gasteiger partial charge in [0.05, 0.1) is 0 Å². The third kappa shape index (κ3) is 13.6. The highest BCUT2D eigenvalue weighted by Crippen LogP contribution is 2.30. The van der Waals surface area contributed by atoms with Crippen molar-refractivity contribution in [2.45, 2.75) is 130 Å². The number of hydrogen-bond donors (Lipinski definition) is 0. The van der Waals surface area contributed by atoms with Crippen LogP contribution in [-0.2, 0) is 0 Å². The molecule has 0 spiro atoms.